The van der Waals surface area contributed by atoms with Gasteiger partial charge in [-0.2, -0.15) is 0 Å². The summed E-state index contributed by atoms with van der Waals surface area (Å²) < 4.78 is 6.99. The number of fused-ring (bicyclic) bond motifs is 1. The third-order valence-corrected chi connectivity index (χ3v) is 5.23. The van der Waals surface area contributed by atoms with E-state index in [9.17, 15) is 0 Å². The van der Waals surface area contributed by atoms with Crippen molar-refractivity contribution in [2.75, 3.05) is 6.61 Å². The highest BCUT2D eigenvalue weighted by Crippen LogP contribution is 2.38. The minimum atomic E-state index is 0.241. The fourth-order valence-corrected chi connectivity index (χ4v) is 4.12. The van der Waals surface area contributed by atoms with Gasteiger partial charge < -0.3 is 4.74 Å². The van der Waals surface area contributed by atoms with Crippen LogP contribution in [0.4, 0.5) is 0 Å². The average molecular weight is 290 g/mol. The Morgan fingerprint density at radius 1 is 1.40 bits per heavy atom. The zero-order valence-electron chi connectivity index (χ0n) is 11.8. The number of hydrazine groups is 1. The van der Waals surface area contributed by atoms with Gasteiger partial charge in [-0.15, -0.1) is 11.3 Å². The maximum atomic E-state index is 5.81. The van der Waals surface area contributed by atoms with Crippen molar-refractivity contribution in [3.63, 3.8) is 0 Å². The Kier molecular flexibility index (Phi) is 4.36. The number of benzene rings is 1. The van der Waals surface area contributed by atoms with Crippen molar-refractivity contribution < 1.29 is 4.74 Å². The number of hydrogen-bond donors (Lipinski definition) is 2. The minimum absolute atomic E-state index is 0.241. The summed E-state index contributed by atoms with van der Waals surface area (Å²) in [5, 5.41) is 3.46. The van der Waals surface area contributed by atoms with Crippen molar-refractivity contribution in [3.8, 4) is 0 Å². The van der Waals surface area contributed by atoms with Crippen molar-refractivity contribution in [1.29, 1.82) is 0 Å². The predicted molar refractivity (Wildman–Crippen MR) is 84.6 cm³/mol. The summed E-state index contributed by atoms with van der Waals surface area (Å²) >= 11 is 1.80. The third kappa shape index (κ3) is 2.74. The maximum Gasteiger partial charge on any atom is 0.0580 e. The minimum Gasteiger partial charge on any atom is -0.378 e. The van der Waals surface area contributed by atoms with Crippen LogP contribution in [0, 0.1) is 5.92 Å². The van der Waals surface area contributed by atoms with Crippen LogP contribution in [0.1, 0.15) is 37.8 Å². The maximum absolute atomic E-state index is 5.81. The lowest BCUT2D eigenvalue weighted by molar-refractivity contribution is -0.0291. The van der Waals surface area contributed by atoms with Crippen molar-refractivity contribution in [1.82, 2.24) is 5.43 Å². The van der Waals surface area contributed by atoms with Gasteiger partial charge in [0.2, 0.25) is 0 Å². The van der Waals surface area contributed by atoms with E-state index in [0.29, 0.717) is 6.10 Å². The van der Waals surface area contributed by atoms with Crippen LogP contribution in [-0.4, -0.2) is 12.7 Å². The molecule has 108 valence electrons. The van der Waals surface area contributed by atoms with E-state index in [-0.39, 0.29) is 6.04 Å². The number of ether oxygens (including phenoxy) is 1. The normalized spacial score (nSPS) is 23.7. The fraction of sp³-hybridized carbons (Fsp3) is 0.500. The lowest BCUT2D eigenvalue weighted by Crippen LogP contribution is -2.36. The van der Waals surface area contributed by atoms with Crippen LogP contribution in [0.2, 0.25) is 0 Å². The number of nitrogens with two attached hydrogens (primary N) is 1. The zero-order valence-corrected chi connectivity index (χ0v) is 12.7. The third-order valence-electron chi connectivity index (χ3n) is 4.25. The molecule has 1 atom stereocenters. The standard InChI is InChI=1S/C16H22N2OS/c1-2-19-13-8-11(9-13)10-15(18-17)14-5-3-4-12-6-7-20-16(12)14/h3-7,11,13,15,18H,2,8-10,17H2,1H3. The van der Waals surface area contributed by atoms with Crippen molar-refractivity contribution >= 4 is 21.4 Å². The molecule has 1 aromatic heterocycles. The lowest BCUT2D eigenvalue weighted by Gasteiger charge is -2.37. The van der Waals surface area contributed by atoms with Gasteiger partial charge in [-0.1, -0.05) is 18.2 Å². The van der Waals surface area contributed by atoms with Crippen molar-refractivity contribution in [3.05, 3.63) is 35.2 Å². The first-order valence-electron chi connectivity index (χ1n) is 7.35. The topological polar surface area (TPSA) is 47.3 Å². The molecule has 3 nitrogen and oxygen atoms in total. The summed E-state index contributed by atoms with van der Waals surface area (Å²) in [5.74, 6) is 6.53. The second-order valence-corrected chi connectivity index (χ2v) is 6.47. The zero-order chi connectivity index (χ0) is 13.9. The van der Waals surface area contributed by atoms with Crippen molar-refractivity contribution in [2.24, 2.45) is 11.8 Å². The first-order valence-corrected chi connectivity index (χ1v) is 8.23. The molecule has 1 unspecified atom stereocenters. The van der Waals surface area contributed by atoms with Crippen molar-refractivity contribution in [2.45, 2.75) is 38.3 Å². The molecule has 3 N–H and O–H groups in total. The molecule has 0 aliphatic heterocycles. The van der Waals surface area contributed by atoms with Crippen LogP contribution in [0.25, 0.3) is 10.1 Å². The van der Waals surface area contributed by atoms with Crippen LogP contribution in [0.3, 0.4) is 0 Å². The number of nitrogens with one attached hydrogen (secondary N) is 1. The highest BCUT2D eigenvalue weighted by Gasteiger charge is 2.31. The molecule has 1 aliphatic rings. The molecule has 1 heterocycles. The van der Waals surface area contributed by atoms with Crippen LogP contribution < -0.4 is 11.3 Å². The van der Waals surface area contributed by atoms with E-state index in [1.165, 1.54) is 28.5 Å². The average Bonchev–Trinajstić information content (AvgIpc) is 2.89. The second-order valence-electron chi connectivity index (χ2n) is 5.56. The Bertz CT molecular complexity index is 562. The number of hydrogen-bond acceptors (Lipinski definition) is 4. The van der Waals surface area contributed by atoms with E-state index >= 15 is 0 Å². The second kappa shape index (κ2) is 6.22. The van der Waals surface area contributed by atoms with Gasteiger partial charge in [-0.3, -0.25) is 11.3 Å². The molecule has 1 aliphatic carbocycles. The van der Waals surface area contributed by atoms with Gasteiger partial charge in [0.15, 0.2) is 0 Å². The molecule has 1 fully saturated rings. The molecule has 2 aromatic rings. The Morgan fingerprint density at radius 2 is 2.25 bits per heavy atom. The first-order chi connectivity index (χ1) is 9.81. The lowest BCUT2D eigenvalue weighted by atomic mass is 9.77. The molecule has 1 saturated carbocycles. The Balaban J connectivity index is 1.69. The molecule has 0 amide bonds. The molecule has 20 heavy (non-hydrogen) atoms. The molecule has 0 bridgehead atoms. The smallest absolute Gasteiger partial charge is 0.0580 e. The molecule has 4 heteroatoms. The summed E-state index contributed by atoms with van der Waals surface area (Å²) in [5.41, 5.74) is 4.35. The summed E-state index contributed by atoms with van der Waals surface area (Å²) in [4.78, 5) is 0. The van der Waals surface area contributed by atoms with Gasteiger partial charge in [0.1, 0.15) is 0 Å². The van der Waals surface area contributed by atoms with E-state index in [1.807, 2.05) is 0 Å². The van der Waals surface area contributed by atoms with Gasteiger partial charge >= 0.3 is 0 Å². The van der Waals surface area contributed by atoms with E-state index in [0.717, 1.165) is 18.9 Å². The molecule has 3 rings (SSSR count). The highest BCUT2D eigenvalue weighted by molar-refractivity contribution is 7.17. The molecular formula is C16H22N2OS. The summed E-state index contributed by atoms with van der Waals surface area (Å²) in [7, 11) is 0. The molecule has 0 spiro atoms. The largest absolute Gasteiger partial charge is 0.378 e. The van der Waals surface area contributed by atoms with Crippen LogP contribution in [0.15, 0.2) is 29.6 Å². The first kappa shape index (κ1) is 14.0. The van der Waals surface area contributed by atoms with Gasteiger partial charge in [0.05, 0.1) is 6.10 Å². The molecule has 0 radical (unpaired) electrons. The number of thiophene rings is 1. The SMILES string of the molecule is CCOC1CC(CC(NN)c2cccc3ccsc23)C1. The van der Waals surface area contributed by atoms with E-state index in [2.05, 4.69) is 42.0 Å². The van der Waals surface area contributed by atoms with Gasteiger partial charge in [0.25, 0.3) is 0 Å². The Labute approximate surface area is 124 Å². The van der Waals surface area contributed by atoms with Crippen LogP contribution in [0.5, 0.6) is 0 Å². The Morgan fingerprint density at radius 3 is 3.00 bits per heavy atom. The van der Waals surface area contributed by atoms with Gasteiger partial charge in [-0.05, 0) is 54.5 Å². The molecule has 0 saturated heterocycles. The monoisotopic (exact) mass is 290 g/mol. The summed E-state index contributed by atoms with van der Waals surface area (Å²) in [6, 6.07) is 8.90. The van der Waals surface area contributed by atoms with Crippen LogP contribution >= 0.6 is 11.3 Å². The molecule has 1 aromatic carbocycles. The van der Waals surface area contributed by atoms with E-state index < -0.39 is 0 Å². The summed E-state index contributed by atoms with van der Waals surface area (Å²) in [6.45, 7) is 2.89. The van der Waals surface area contributed by atoms with E-state index in [4.69, 9.17) is 10.6 Å². The van der Waals surface area contributed by atoms with Crippen LogP contribution in [-0.2, 0) is 4.74 Å². The fourth-order valence-electron chi connectivity index (χ4n) is 3.15. The Hall–Kier alpha value is -0.940. The highest BCUT2D eigenvalue weighted by atomic mass is 32.1. The summed E-state index contributed by atoms with van der Waals surface area (Å²) in [6.07, 6.45) is 3.91. The quantitative estimate of drug-likeness (QED) is 0.631. The van der Waals surface area contributed by atoms with E-state index in [1.54, 1.807) is 11.3 Å². The van der Waals surface area contributed by atoms with Gasteiger partial charge in [0, 0.05) is 17.3 Å². The number of rotatable bonds is 6. The van der Waals surface area contributed by atoms with Gasteiger partial charge in [-0.25, -0.2) is 0 Å². The predicted octanol–water partition coefficient (Wildman–Crippen LogP) is 3.61. The molecular weight excluding hydrogens is 268 g/mol.